The predicted octanol–water partition coefficient (Wildman–Crippen LogP) is 1.89. The Morgan fingerprint density at radius 3 is 2.66 bits per heavy atom. The molecule has 0 aliphatic carbocycles. The summed E-state index contributed by atoms with van der Waals surface area (Å²) < 4.78 is 4.28. The Balaban J connectivity index is 1.27. The highest BCUT2D eigenvalue weighted by atomic mass is 15.4. The van der Waals surface area contributed by atoms with Crippen LogP contribution in [0.15, 0.2) is 12.1 Å². The lowest BCUT2D eigenvalue weighted by Gasteiger charge is -2.30. The van der Waals surface area contributed by atoms with Gasteiger partial charge in [-0.1, -0.05) is 6.42 Å². The van der Waals surface area contributed by atoms with Gasteiger partial charge >= 0.3 is 0 Å². The Hall–Kier alpha value is -2.55. The number of anilines is 1. The van der Waals surface area contributed by atoms with Crippen LogP contribution in [0.25, 0.3) is 5.65 Å². The van der Waals surface area contributed by atoms with Gasteiger partial charge in [-0.15, -0.1) is 25.5 Å². The third kappa shape index (κ3) is 3.59. The van der Waals surface area contributed by atoms with Gasteiger partial charge in [-0.25, -0.2) is 0 Å². The van der Waals surface area contributed by atoms with Crippen molar-refractivity contribution < 1.29 is 0 Å². The van der Waals surface area contributed by atoms with Gasteiger partial charge in [0, 0.05) is 33.0 Å². The molecule has 3 aromatic heterocycles. The molecule has 0 unspecified atom stereocenters. The van der Waals surface area contributed by atoms with Crippen LogP contribution in [0.3, 0.4) is 0 Å². The molecule has 5 heterocycles. The number of nitrogens with zero attached hydrogens (tertiary/aromatic N) is 9. The van der Waals surface area contributed by atoms with Crippen LogP contribution in [-0.2, 0) is 19.5 Å². The molecule has 9 nitrogen and oxygen atoms in total. The zero-order valence-corrected chi connectivity index (χ0v) is 17.3. The smallest absolute Gasteiger partial charge is 0.178 e. The van der Waals surface area contributed by atoms with Crippen LogP contribution in [0.5, 0.6) is 0 Å². The Kier molecular flexibility index (Phi) is 4.91. The summed E-state index contributed by atoms with van der Waals surface area (Å²) in [5, 5.41) is 22.5. The SMILES string of the molecule is CN(C)c1ccc2nnc(C3CCN(Cc4nnc5n4CCCCC5)CC3)n2n1. The van der Waals surface area contributed by atoms with Gasteiger partial charge < -0.3 is 9.47 Å². The zero-order chi connectivity index (χ0) is 19.8. The van der Waals surface area contributed by atoms with Gasteiger partial charge in [0.15, 0.2) is 11.5 Å². The third-order valence-corrected chi connectivity index (χ3v) is 6.23. The minimum atomic E-state index is 0.390. The normalized spacial score (nSPS) is 18.7. The van der Waals surface area contributed by atoms with Crippen LogP contribution in [0.1, 0.15) is 55.5 Å². The second-order valence-electron chi connectivity index (χ2n) is 8.46. The van der Waals surface area contributed by atoms with Crippen LogP contribution >= 0.6 is 0 Å². The first-order chi connectivity index (χ1) is 14.2. The molecule has 9 heteroatoms. The molecule has 1 saturated heterocycles. The van der Waals surface area contributed by atoms with E-state index in [9.17, 15) is 0 Å². The number of aryl methyl sites for hydroxylation is 1. The molecule has 154 valence electrons. The molecule has 0 N–H and O–H groups in total. The molecule has 2 aliphatic heterocycles. The van der Waals surface area contributed by atoms with Gasteiger partial charge in [-0.3, -0.25) is 4.90 Å². The van der Waals surface area contributed by atoms with E-state index < -0.39 is 0 Å². The molecule has 0 bridgehead atoms. The monoisotopic (exact) mass is 395 g/mol. The van der Waals surface area contributed by atoms with Gasteiger partial charge in [0.05, 0.1) is 6.54 Å². The van der Waals surface area contributed by atoms with E-state index in [0.717, 1.165) is 68.6 Å². The maximum Gasteiger partial charge on any atom is 0.178 e. The highest BCUT2D eigenvalue weighted by Gasteiger charge is 2.26. The molecule has 1 fully saturated rings. The number of piperidine rings is 1. The van der Waals surface area contributed by atoms with E-state index in [-0.39, 0.29) is 0 Å². The standard InChI is InChI=1S/C20H29N9/c1-26(2)18-8-7-17-22-24-20(29(17)25-18)15-9-12-27(13-10-15)14-19-23-21-16-6-4-3-5-11-28(16)19/h7-8,15H,3-6,9-14H2,1-2H3. The number of rotatable bonds is 4. The quantitative estimate of drug-likeness (QED) is 0.667. The number of hydrogen-bond acceptors (Lipinski definition) is 7. The predicted molar refractivity (Wildman–Crippen MR) is 110 cm³/mol. The summed E-state index contributed by atoms with van der Waals surface area (Å²) in [6, 6.07) is 3.98. The van der Waals surface area contributed by atoms with Crippen molar-refractivity contribution >= 4 is 11.5 Å². The zero-order valence-electron chi connectivity index (χ0n) is 17.3. The molecular formula is C20H29N9. The van der Waals surface area contributed by atoms with E-state index in [1.165, 1.54) is 25.1 Å². The highest BCUT2D eigenvalue weighted by Crippen LogP contribution is 2.28. The van der Waals surface area contributed by atoms with Crippen LogP contribution in [0.2, 0.25) is 0 Å². The van der Waals surface area contributed by atoms with E-state index in [1.54, 1.807) is 0 Å². The van der Waals surface area contributed by atoms with Crippen molar-refractivity contribution in [3.8, 4) is 0 Å². The molecule has 0 radical (unpaired) electrons. The van der Waals surface area contributed by atoms with Crippen molar-refractivity contribution in [3.63, 3.8) is 0 Å². The second-order valence-corrected chi connectivity index (χ2v) is 8.46. The highest BCUT2D eigenvalue weighted by molar-refractivity contribution is 5.45. The Morgan fingerprint density at radius 2 is 1.83 bits per heavy atom. The van der Waals surface area contributed by atoms with Crippen molar-refractivity contribution in [2.24, 2.45) is 0 Å². The fourth-order valence-electron chi connectivity index (χ4n) is 4.50. The van der Waals surface area contributed by atoms with Crippen molar-refractivity contribution in [3.05, 3.63) is 29.6 Å². The molecule has 29 heavy (non-hydrogen) atoms. The minimum Gasteiger partial charge on any atom is -0.361 e. The van der Waals surface area contributed by atoms with Crippen LogP contribution in [0.4, 0.5) is 5.82 Å². The maximum absolute atomic E-state index is 4.73. The topological polar surface area (TPSA) is 80.3 Å². The van der Waals surface area contributed by atoms with Crippen LogP contribution in [-0.4, -0.2) is 66.7 Å². The van der Waals surface area contributed by atoms with Crippen LogP contribution < -0.4 is 4.90 Å². The van der Waals surface area contributed by atoms with Crippen molar-refractivity contribution in [1.82, 2.24) is 39.5 Å². The Morgan fingerprint density at radius 1 is 0.966 bits per heavy atom. The summed E-state index contributed by atoms with van der Waals surface area (Å²) in [6.45, 7) is 4.04. The molecule has 0 amide bonds. The Bertz CT molecular complexity index is 981. The molecule has 2 aliphatic rings. The van der Waals surface area contributed by atoms with Gasteiger partial charge in [0.25, 0.3) is 0 Å². The van der Waals surface area contributed by atoms with Gasteiger partial charge in [0.1, 0.15) is 17.5 Å². The lowest BCUT2D eigenvalue weighted by atomic mass is 9.96. The van der Waals surface area contributed by atoms with E-state index >= 15 is 0 Å². The van der Waals surface area contributed by atoms with Crippen molar-refractivity contribution in [2.45, 2.75) is 57.5 Å². The molecule has 0 aromatic carbocycles. The molecule has 0 atom stereocenters. The summed E-state index contributed by atoms with van der Waals surface area (Å²) in [4.78, 5) is 4.51. The summed E-state index contributed by atoms with van der Waals surface area (Å²) in [5.41, 5.74) is 0.819. The van der Waals surface area contributed by atoms with E-state index in [4.69, 9.17) is 5.10 Å². The summed E-state index contributed by atoms with van der Waals surface area (Å²) >= 11 is 0. The summed E-state index contributed by atoms with van der Waals surface area (Å²) in [5.74, 6) is 4.60. The molecule has 0 spiro atoms. The number of fused-ring (bicyclic) bond motifs is 2. The van der Waals surface area contributed by atoms with Gasteiger partial charge in [-0.2, -0.15) is 4.52 Å². The average molecular weight is 396 g/mol. The summed E-state index contributed by atoms with van der Waals surface area (Å²) in [6.07, 6.45) is 6.97. The van der Waals surface area contributed by atoms with Crippen LogP contribution in [0, 0.1) is 0 Å². The first-order valence-electron chi connectivity index (χ1n) is 10.7. The minimum absolute atomic E-state index is 0.390. The van der Waals surface area contributed by atoms with E-state index in [2.05, 4.69) is 29.9 Å². The lowest BCUT2D eigenvalue weighted by molar-refractivity contribution is 0.194. The molecular weight excluding hydrogens is 366 g/mol. The van der Waals surface area contributed by atoms with Crippen molar-refractivity contribution in [1.29, 1.82) is 0 Å². The largest absolute Gasteiger partial charge is 0.361 e. The number of aromatic nitrogens is 7. The average Bonchev–Trinajstić information content (AvgIpc) is 3.24. The molecule has 5 rings (SSSR count). The molecule has 3 aromatic rings. The third-order valence-electron chi connectivity index (χ3n) is 6.23. The fourth-order valence-corrected chi connectivity index (χ4v) is 4.50. The summed E-state index contributed by atoms with van der Waals surface area (Å²) in [7, 11) is 4.00. The lowest BCUT2D eigenvalue weighted by Crippen LogP contribution is -2.34. The number of hydrogen-bond donors (Lipinski definition) is 0. The second kappa shape index (κ2) is 7.70. The first kappa shape index (κ1) is 18.5. The van der Waals surface area contributed by atoms with Gasteiger partial charge in [-0.05, 0) is 50.9 Å². The van der Waals surface area contributed by atoms with E-state index in [1.807, 2.05) is 35.6 Å². The fraction of sp³-hybridized carbons (Fsp3) is 0.650. The maximum atomic E-state index is 4.73. The molecule has 0 saturated carbocycles. The van der Waals surface area contributed by atoms with E-state index in [0.29, 0.717) is 5.92 Å². The van der Waals surface area contributed by atoms with Gasteiger partial charge in [0.2, 0.25) is 0 Å². The Labute approximate surface area is 170 Å². The number of likely N-dealkylation sites (tertiary alicyclic amines) is 1. The van der Waals surface area contributed by atoms with Crippen molar-refractivity contribution in [2.75, 3.05) is 32.1 Å². The first-order valence-corrected chi connectivity index (χ1v) is 10.7.